The van der Waals surface area contributed by atoms with E-state index in [9.17, 15) is 18.5 Å². The van der Waals surface area contributed by atoms with Gasteiger partial charge in [-0.05, 0) is 0 Å². The molecule has 0 fully saturated rings. The highest BCUT2D eigenvalue weighted by Gasteiger charge is 2.08. The SMILES string of the molecule is CS(=O)(=O)Nc1cncc([N+](=O)[O-])c1. The smallest absolute Gasteiger partial charge is 0.282 e. The molecule has 8 heteroatoms. The lowest BCUT2D eigenvalue weighted by atomic mass is 10.4. The summed E-state index contributed by atoms with van der Waals surface area (Å²) in [4.78, 5) is 13.2. The zero-order valence-corrected chi connectivity index (χ0v) is 7.98. The van der Waals surface area contributed by atoms with Gasteiger partial charge in [-0.15, -0.1) is 0 Å². The first-order valence-corrected chi connectivity index (χ1v) is 5.35. The van der Waals surface area contributed by atoms with Gasteiger partial charge in [-0.3, -0.25) is 19.8 Å². The summed E-state index contributed by atoms with van der Waals surface area (Å²) < 4.78 is 23.6. The van der Waals surface area contributed by atoms with E-state index in [1.165, 1.54) is 6.20 Å². The summed E-state index contributed by atoms with van der Waals surface area (Å²) in [5, 5.41) is 10.3. The number of anilines is 1. The molecule has 1 N–H and O–H groups in total. The maximum absolute atomic E-state index is 10.8. The van der Waals surface area contributed by atoms with Crippen LogP contribution in [0.5, 0.6) is 0 Å². The molecule has 0 saturated carbocycles. The van der Waals surface area contributed by atoms with Gasteiger partial charge in [0.1, 0.15) is 6.20 Å². The van der Waals surface area contributed by atoms with Crippen LogP contribution in [0, 0.1) is 10.1 Å². The Labute approximate surface area is 80.0 Å². The number of nitrogens with one attached hydrogen (secondary N) is 1. The van der Waals surface area contributed by atoms with Crippen LogP contribution in [0.1, 0.15) is 0 Å². The first kappa shape index (κ1) is 10.4. The predicted molar refractivity (Wildman–Crippen MR) is 49.4 cm³/mol. The Kier molecular flexibility index (Phi) is 2.65. The maximum atomic E-state index is 10.8. The molecule has 0 aliphatic rings. The van der Waals surface area contributed by atoms with E-state index in [-0.39, 0.29) is 11.4 Å². The third-order valence-corrected chi connectivity index (χ3v) is 1.84. The van der Waals surface area contributed by atoms with E-state index < -0.39 is 14.9 Å². The molecule has 0 spiro atoms. The van der Waals surface area contributed by atoms with E-state index in [1.807, 2.05) is 0 Å². The zero-order valence-electron chi connectivity index (χ0n) is 7.17. The van der Waals surface area contributed by atoms with Crippen molar-refractivity contribution in [1.82, 2.24) is 4.98 Å². The fourth-order valence-corrected chi connectivity index (χ4v) is 1.34. The molecule has 1 rings (SSSR count). The molecule has 0 radical (unpaired) electrons. The van der Waals surface area contributed by atoms with Gasteiger partial charge in [0.25, 0.3) is 5.69 Å². The van der Waals surface area contributed by atoms with Crippen LogP contribution < -0.4 is 4.72 Å². The van der Waals surface area contributed by atoms with Gasteiger partial charge in [0, 0.05) is 6.07 Å². The number of nitro groups is 1. The topological polar surface area (TPSA) is 102 Å². The Morgan fingerprint density at radius 1 is 1.50 bits per heavy atom. The summed E-state index contributed by atoms with van der Waals surface area (Å²) in [5.74, 6) is 0. The zero-order chi connectivity index (χ0) is 10.8. The maximum Gasteiger partial charge on any atom is 0.289 e. The fourth-order valence-electron chi connectivity index (χ4n) is 0.798. The van der Waals surface area contributed by atoms with Gasteiger partial charge in [-0.25, -0.2) is 8.42 Å². The monoisotopic (exact) mass is 217 g/mol. The van der Waals surface area contributed by atoms with E-state index in [4.69, 9.17) is 0 Å². The lowest BCUT2D eigenvalue weighted by molar-refractivity contribution is -0.385. The molecule has 0 amide bonds. The third-order valence-electron chi connectivity index (χ3n) is 1.24. The van der Waals surface area contributed by atoms with Gasteiger partial charge >= 0.3 is 0 Å². The van der Waals surface area contributed by atoms with Crippen LogP contribution in [0.15, 0.2) is 18.5 Å². The third kappa shape index (κ3) is 2.98. The van der Waals surface area contributed by atoms with Crippen molar-refractivity contribution in [2.45, 2.75) is 0 Å². The van der Waals surface area contributed by atoms with Gasteiger partial charge in [0.2, 0.25) is 10.0 Å². The van der Waals surface area contributed by atoms with Crippen LogP contribution in [0.4, 0.5) is 11.4 Å². The molecule has 1 heterocycles. The highest BCUT2D eigenvalue weighted by Crippen LogP contribution is 2.15. The van der Waals surface area contributed by atoms with Crippen LogP contribution in [0.2, 0.25) is 0 Å². The van der Waals surface area contributed by atoms with Crippen LogP contribution in [0.3, 0.4) is 0 Å². The minimum Gasteiger partial charge on any atom is -0.282 e. The molecule has 7 nitrogen and oxygen atoms in total. The number of pyridine rings is 1. The van der Waals surface area contributed by atoms with E-state index >= 15 is 0 Å². The number of hydrogen-bond acceptors (Lipinski definition) is 5. The van der Waals surface area contributed by atoms with Crippen molar-refractivity contribution in [1.29, 1.82) is 0 Å². The molecule has 0 bridgehead atoms. The summed E-state index contributed by atoms with van der Waals surface area (Å²) in [6.07, 6.45) is 3.17. The van der Waals surface area contributed by atoms with Crippen molar-refractivity contribution in [3.8, 4) is 0 Å². The van der Waals surface area contributed by atoms with Gasteiger partial charge in [0.05, 0.1) is 23.1 Å². The quantitative estimate of drug-likeness (QED) is 0.581. The Morgan fingerprint density at radius 2 is 2.14 bits per heavy atom. The molecule has 0 aliphatic heterocycles. The minimum atomic E-state index is -3.43. The van der Waals surface area contributed by atoms with Gasteiger partial charge in [-0.2, -0.15) is 0 Å². The molecular weight excluding hydrogens is 210 g/mol. The molecule has 76 valence electrons. The molecule has 0 unspecified atom stereocenters. The van der Waals surface area contributed by atoms with E-state index in [2.05, 4.69) is 9.71 Å². The molecule has 0 saturated heterocycles. The van der Waals surface area contributed by atoms with Crippen molar-refractivity contribution in [3.05, 3.63) is 28.6 Å². The Bertz CT molecular complexity index is 456. The standard InChI is InChI=1S/C6H7N3O4S/c1-14(12,13)8-5-2-6(9(10)11)4-7-3-5/h2-4,8H,1H3. The molecule has 0 aliphatic carbocycles. The molecule has 0 aromatic carbocycles. The number of nitrogens with zero attached hydrogens (tertiary/aromatic N) is 2. The second-order valence-corrected chi connectivity index (χ2v) is 4.31. The molecule has 14 heavy (non-hydrogen) atoms. The summed E-state index contributed by atoms with van der Waals surface area (Å²) in [6, 6.07) is 1.09. The number of sulfonamides is 1. The highest BCUT2D eigenvalue weighted by molar-refractivity contribution is 7.92. The van der Waals surface area contributed by atoms with E-state index in [0.717, 1.165) is 18.5 Å². The van der Waals surface area contributed by atoms with Crippen LogP contribution in [-0.4, -0.2) is 24.6 Å². The number of rotatable bonds is 3. The highest BCUT2D eigenvalue weighted by atomic mass is 32.2. The summed E-state index contributed by atoms with van der Waals surface area (Å²) in [6.45, 7) is 0. The Balaban J connectivity index is 3.01. The van der Waals surface area contributed by atoms with E-state index in [0.29, 0.717) is 0 Å². The second-order valence-electron chi connectivity index (χ2n) is 2.56. The second kappa shape index (κ2) is 3.58. The molecule has 0 atom stereocenters. The Hall–Kier alpha value is -1.70. The molecule has 1 aromatic rings. The molecular formula is C6H7N3O4S. The first-order chi connectivity index (χ1) is 6.38. The van der Waals surface area contributed by atoms with Crippen LogP contribution in [0.25, 0.3) is 0 Å². The first-order valence-electron chi connectivity index (χ1n) is 3.46. The number of hydrogen-bond donors (Lipinski definition) is 1. The van der Waals surface area contributed by atoms with Crippen molar-refractivity contribution < 1.29 is 13.3 Å². The predicted octanol–water partition coefficient (Wildman–Crippen LogP) is 0.361. The average molecular weight is 217 g/mol. The van der Waals surface area contributed by atoms with Gasteiger partial charge in [0.15, 0.2) is 0 Å². The van der Waals surface area contributed by atoms with Crippen LogP contribution in [-0.2, 0) is 10.0 Å². The summed E-state index contributed by atoms with van der Waals surface area (Å²) in [7, 11) is -3.43. The fraction of sp³-hybridized carbons (Fsp3) is 0.167. The summed E-state index contributed by atoms with van der Waals surface area (Å²) in [5.41, 5.74) is -0.194. The normalized spacial score (nSPS) is 10.9. The lowest BCUT2D eigenvalue weighted by Crippen LogP contribution is -2.09. The van der Waals surface area contributed by atoms with E-state index in [1.54, 1.807) is 0 Å². The number of aromatic nitrogens is 1. The molecule has 1 aromatic heterocycles. The van der Waals surface area contributed by atoms with Gasteiger partial charge < -0.3 is 0 Å². The van der Waals surface area contributed by atoms with Crippen molar-refractivity contribution >= 4 is 21.4 Å². The van der Waals surface area contributed by atoms with Crippen LogP contribution >= 0.6 is 0 Å². The largest absolute Gasteiger partial charge is 0.289 e. The minimum absolute atomic E-state index is 0.0710. The summed E-state index contributed by atoms with van der Waals surface area (Å²) >= 11 is 0. The van der Waals surface area contributed by atoms with Crippen molar-refractivity contribution in [3.63, 3.8) is 0 Å². The average Bonchev–Trinajstić information content (AvgIpc) is 2.01. The van der Waals surface area contributed by atoms with Gasteiger partial charge in [-0.1, -0.05) is 0 Å². The van der Waals surface area contributed by atoms with Crippen molar-refractivity contribution in [2.24, 2.45) is 0 Å². The lowest BCUT2D eigenvalue weighted by Gasteiger charge is -2.01. The van der Waals surface area contributed by atoms with Crippen molar-refractivity contribution in [2.75, 3.05) is 11.0 Å². The Morgan fingerprint density at radius 3 is 2.64 bits per heavy atom.